The Labute approximate surface area is 133 Å². The number of carbonyl (C=O) groups is 1. The van der Waals surface area contributed by atoms with Gasteiger partial charge in [-0.25, -0.2) is 0 Å². The number of nitro benzene ring substituents is 1. The number of H-pyrrole nitrogens is 1. The lowest BCUT2D eigenvalue weighted by Crippen LogP contribution is -2.42. The Morgan fingerprint density at radius 3 is 2.70 bits per heavy atom. The van der Waals surface area contributed by atoms with Crippen molar-refractivity contribution in [2.75, 3.05) is 6.54 Å². The summed E-state index contributed by atoms with van der Waals surface area (Å²) in [4.78, 5) is 25.5. The molecule has 1 aromatic heterocycles. The van der Waals surface area contributed by atoms with Crippen molar-refractivity contribution in [3.8, 4) is 0 Å². The van der Waals surface area contributed by atoms with E-state index in [1.54, 1.807) is 12.3 Å². The molecule has 0 spiro atoms. The van der Waals surface area contributed by atoms with Gasteiger partial charge in [0.05, 0.1) is 16.9 Å². The number of aromatic nitrogens is 1. The van der Waals surface area contributed by atoms with E-state index in [4.69, 9.17) is 0 Å². The molecule has 0 unspecified atom stereocenters. The molecule has 3 N–H and O–H groups in total. The van der Waals surface area contributed by atoms with Crippen molar-refractivity contribution in [3.05, 3.63) is 40.1 Å². The van der Waals surface area contributed by atoms with Crippen LogP contribution in [0.2, 0.25) is 0 Å². The standard InChI is InChI=1S/C16H21N3O4/c1-3-16(21,4-2)10-18-15(20)7-11-9-17-14-6-5-12(19(22)23)8-13(11)14/h5-6,8-9,17,21H,3-4,7,10H2,1-2H3,(H,18,20). The van der Waals surface area contributed by atoms with Gasteiger partial charge in [-0.2, -0.15) is 0 Å². The van der Waals surface area contributed by atoms with E-state index < -0.39 is 10.5 Å². The summed E-state index contributed by atoms with van der Waals surface area (Å²) in [7, 11) is 0. The maximum atomic E-state index is 12.1. The molecule has 1 aromatic carbocycles. The number of hydrogen-bond donors (Lipinski definition) is 3. The zero-order valence-corrected chi connectivity index (χ0v) is 13.3. The minimum atomic E-state index is -0.894. The fourth-order valence-electron chi connectivity index (χ4n) is 2.42. The van der Waals surface area contributed by atoms with E-state index in [0.29, 0.717) is 23.8 Å². The van der Waals surface area contributed by atoms with Crippen molar-refractivity contribution in [1.82, 2.24) is 10.3 Å². The van der Waals surface area contributed by atoms with Crippen molar-refractivity contribution >= 4 is 22.5 Å². The Bertz CT molecular complexity index is 719. The number of fused-ring (bicyclic) bond motifs is 1. The molecule has 7 nitrogen and oxygen atoms in total. The topological polar surface area (TPSA) is 108 Å². The van der Waals surface area contributed by atoms with Crippen LogP contribution in [0.25, 0.3) is 10.9 Å². The lowest BCUT2D eigenvalue weighted by Gasteiger charge is -2.25. The molecule has 0 saturated carbocycles. The summed E-state index contributed by atoms with van der Waals surface area (Å²) in [5.74, 6) is -0.224. The van der Waals surface area contributed by atoms with Crippen LogP contribution in [-0.2, 0) is 11.2 Å². The zero-order valence-electron chi connectivity index (χ0n) is 13.3. The summed E-state index contributed by atoms with van der Waals surface area (Å²) in [6.07, 6.45) is 2.90. The first-order valence-corrected chi connectivity index (χ1v) is 7.62. The fourth-order valence-corrected chi connectivity index (χ4v) is 2.42. The van der Waals surface area contributed by atoms with E-state index in [0.717, 1.165) is 5.52 Å². The number of nitrogens with zero attached hydrogens (tertiary/aromatic N) is 1. The van der Waals surface area contributed by atoms with Crippen molar-refractivity contribution in [3.63, 3.8) is 0 Å². The molecule has 7 heteroatoms. The van der Waals surface area contributed by atoms with E-state index in [2.05, 4.69) is 10.3 Å². The van der Waals surface area contributed by atoms with Crippen LogP contribution in [0.15, 0.2) is 24.4 Å². The number of non-ortho nitro benzene ring substituents is 1. The Morgan fingerprint density at radius 2 is 2.09 bits per heavy atom. The summed E-state index contributed by atoms with van der Waals surface area (Å²) >= 11 is 0. The predicted molar refractivity (Wildman–Crippen MR) is 87.2 cm³/mol. The molecule has 124 valence electrons. The van der Waals surface area contributed by atoms with Crippen LogP contribution >= 0.6 is 0 Å². The van der Waals surface area contributed by atoms with Crippen LogP contribution in [-0.4, -0.2) is 33.1 Å². The molecule has 2 rings (SSSR count). The van der Waals surface area contributed by atoms with Crippen LogP contribution < -0.4 is 5.32 Å². The van der Waals surface area contributed by atoms with Gasteiger partial charge >= 0.3 is 0 Å². The molecule has 0 aliphatic rings. The summed E-state index contributed by atoms with van der Waals surface area (Å²) in [5.41, 5.74) is 0.536. The van der Waals surface area contributed by atoms with E-state index in [1.807, 2.05) is 13.8 Å². The quantitative estimate of drug-likeness (QED) is 0.537. The van der Waals surface area contributed by atoms with Crippen LogP contribution in [0.5, 0.6) is 0 Å². The Balaban J connectivity index is 2.10. The largest absolute Gasteiger partial charge is 0.388 e. The van der Waals surface area contributed by atoms with Crippen molar-refractivity contribution in [2.45, 2.75) is 38.7 Å². The van der Waals surface area contributed by atoms with Gasteiger partial charge in [0, 0.05) is 35.8 Å². The third-order valence-corrected chi connectivity index (χ3v) is 4.24. The molecule has 0 radical (unpaired) electrons. The monoisotopic (exact) mass is 319 g/mol. The Kier molecular flexibility index (Phi) is 5.00. The first-order chi connectivity index (χ1) is 10.9. The molecule has 0 bridgehead atoms. The van der Waals surface area contributed by atoms with Gasteiger partial charge in [-0.1, -0.05) is 13.8 Å². The molecule has 0 atom stereocenters. The van der Waals surface area contributed by atoms with Gasteiger partial charge in [0.15, 0.2) is 0 Å². The number of hydrogen-bond acceptors (Lipinski definition) is 4. The smallest absolute Gasteiger partial charge is 0.270 e. The minimum Gasteiger partial charge on any atom is -0.388 e. The minimum absolute atomic E-state index is 0.00917. The second-order valence-electron chi connectivity index (χ2n) is 5.69. The maximum Gasteiger partial charge on any atom is 0.270 e. The molecule has 0 aliphatic heterocycles. The van der Waals surface area contributed by atoms with Gasteiger partial charge in [0.2, 0.25) is 5.91 Å². The Morgan fingerprint density at radius 1 is 1.39 bits per heavy atom. The number of nitrogens with one attached hydrogen (secondary N) is 2. The molecule has 1 amide bonds. The molecular formula is C16H21N3O4. The highest BCUT2D eigenvalue weighted by Gasteiger charge is 2.23. The van der Waals surface area contributed by atoms with Crippen molar-refractivity contribution < 1.29 is 14.8 Å². The first-order valence-electron chi connectivity index (χ1n) is 7.62. The number of nitro groups is 1. The predicted octanol–water partition coefficient (Wildman–Crippen LogP) is 2.29. The Hall–Kier alpha value is -2.41. The SMILES string of the molecule is CCC(O)(CC)CNC(=O)Cc1c[nH]c2ccc([N+](=O)[O-])cc12. The average molecular weight is 319 g/mol. The summed E-state index contributed by atoms with van der Waals surface area (Å²) in [6, 6.07) is 4.51. The highest BCUT2D eigenvalue weighted by atomic mass is 16.6. The third-order valence-electron chi connectivity index (χ3n) is 4.24. The lowest BCUT2D eigenvalue weighted by atomic mass is 9.97. The number of rotatable bonds is 7. The zero-order chi connectivity index (χ0) is 17.0. The van der Waals surface area contributed by atoms with Crippen molar-refractivity contribution in [1.29, 1.82) is 0 Å². The molecule has 1 heterocycles. The maximum absolute atomic E-state index is 12.1. The van der Waals surface area contributed by atoms with E-state index >= 15 is 0 Å². The molecule has 0 aliphatic carbocycles. The molecule has 23 heavy (non-hydrogen) atoms. The van der Waals surface area contributed by atoms with Gasteiger partial charge in [0.1, 0.15) is 0 Å². The van der Waals surface area contributed by atoms with Crippen LogP contribution in [0, 0.1) is 10.1 Å². The second kappa shape index (κ2) is 6.78. The highest BCUT2D eigenvalue weighted by molar-refractivity contribution is 5.90. The normalized spacial score (nSPS) is 11.6. The summed E-state index contributed by atoms with van der Waals surface area (Å²) in [6.45, 7) is 3.93. The number of aliphatic hydroxyl groups is 1. The number of benzene rings is 1. The summed E-state index contributed by atoms with van der Waals surface area (Å²) < 4.78 is 0. The lowest BCUT2D eigenvalue weighted by molar-refractivity contribution is -0.384. The van der Waals surface area contributed by atoms with Crippen LogP contribution in [0.3, 0.4) is 0 Å². The molecule has 0 fully saturated rings. The van der Waals surface area contributed by atoms with E-state index in [9.17, 15) is 20.0 Å². The van der Waals surface area contributed by atoms with E-state index in [1.165, 1.54) is 12.1 Å². The molecule has 0 saturated heterocycles. The number of aromatic amines is 1. The second-order valence-corrected chi connectivity index (χ2v) is 5.69. The average Bonchev–Trinajstić information content (AvgIpc) is 2.94. The number of carbonyl (C=O) groups excluding carboxylic acids is 1. The van der Waals surface area contributed by atoms with Gasteiger partial charge in [-0.3, -0.25) is 14.9 Å². The van der Waals surface area contributed by atoms with Gasteiger partial charge in [-0.15, -0.1) is 0 Å². The summed E-state index contributed by atoms with van der Waals surface area (Å²) in [5, 5.41) is 24.4. The third kappa shape index (κ3) is 3.87. The van der Waals surface area contributed by atoms with Gasteiger partial charge < -0.3 is 15.4 Å². The van der Waals surface area contributed by atoms with E-state index in [-0.39, 0.29) is 24.6 Å². The van der Waals surface area contributed by atoms with Crippen LogP contribution in [0.4, 0.5) is 5.69 Å². The highest BCUT2D eigenvalue weighted by Crippen LogP contribution is 2.24. The fraction of sp³-hybridized carbons (Fsp3) is 0.438. The van der Waals surface area contributed by atoms with Gasteiger partial charge in [0.25, 0.3) is 5.69 Å². The molecule has 2 aromatic rings. The first kappa shape index (κ1) is 17.0. The van der Waals surface area contributed by atoms with Crippen molar-refractivity contribution in [2.24, 2.45) is 0 Å². The molecular weight excluding hydrogens is 298 g/mol. The van der Waals surface area contributed by atoms with Crippen LogP contribution in [0.1, 0.15) is 32.3 Å². The number of amides is 1. The van der Waals surface area contributed by atoms with Gasteiger partial charge in [-0.05, 0) is 24.5 Å².